The van der Waals surface area contributed by atoms with E-state index in [4.69, 9.17) is 22.3 Å². The molecule has 0 aromatic heterocycles. The van der Waals surface area contributed by atoms with Crippen LogP contribution in [0.15, 0.2) is 72.8 Å². The number of nitrogen functional groups attached to an aromatic ring is 2. The number of carbonyl (C=O) groups is 2. The smallest absolute Gasteiger partial charge is 0.243 e. The lowest BCUT2D eigenvalue weighted by molar-refractivity contribution is -0.131. The lowest BCUT2D eigenvalue weighted by atomic mass is 9.82. The van der Waals surface area contributed by atoms with Crippen LogP contribution in [0.3, 0.4) is 0 Å². The molecular formula is C33H40N6O2. The molecule has 3 aromatic carbocycles. The monoisotopic (exact) mass is 552 g/mol. The van der Waals surface area contributed by atoms with Gasteiger partial charge in [0.1, 0.15) is 17.7 Å². The zero-order valence-corrected chi connectivity index (χ0v) is 23.6. The van der Waals surface area contributed by atoms with Crippen molar-refractivity contribution in [2.75, 3.05) is 0 Å². The molecular weight excluding hydrogens is 512 g/mol. The van der Waals surface area contributed by atoms with E-state index in [1.165, 1.54) is 0 Å². The number of rotatable bonds is 11. The van der Waals surface area contributed by atoms with Gasteiger partial charge in [-0.1, -0.05) is 92.1 Å². The first-order chi connectivity index (χ1) is 19.7. The molecule has 1 saturated carbocycles. The molecule has 1 aliphatic rings. The van der Waals surface area contributed by atoms with Crippen LogP contribution in [0.4, 0.5) is 0 Å². The van der Waals surface area contributed by atoms with E-state index in [9.17, 15) is 9.59 Å². The normalized spacial score (nSPS) is 15.0. The minimum Gasteiger partial charge on any atom is -0.384 e. The van der Waals surface area contributed by atoms with Gasteiger partial charge in [0, 0.05) is 17.7 Å². The van der Waals surface area contributed by atoms with Crippen LogP contribution >= 0.6 is 0 Å². The highest BCUT2D eigenvalue weighted by molar-refractivity contribution is 5.95. The number of amidine groups is 2. The summed E-state index contributed by atoms with van der Waals surface area (Å²) in [6.07, 6.45) is 5.47. The van der Waals surface area contributed by atoms with Gasteiger partial charge in [0.15, 0.2) is 0 Å². The number of hydrogen-bond donors (Lipinski definition) is 6. The fraction of sp³-hybridized carbons (Fsp3) is 0.333. The lowest BCUT2D eigenvalue weighted by Crippen LogP contribution is -2.52. The Kier molecular flexibility index (Phi) is 9.90. The summed E-state index contributed by atoms with van der Waals surface area (Å²) in [6, 6.07) is 21.8. The second-order valence-electron chi connectivity index (χ2n) is 10.9. The summed E-state index contributed by atoms with van der Waals surface area (Å²) in [5.41, 5.74) is 16.2. The maximum absolute atomic E-state index is 14.0. The van der Waals surface area contributed by atoms with Crippen LogP contribution in [0.2, 0.25) is 0 Å². The number of hydrogen-bond acceptors (Lipinski definition) is 4. The highest BCUT2D eigenvalue weighted by Crippen LogP contribution is 2.29. The largest absolute Gasteiger partial charge is 0.384 e. The standard InChI is InChI=1S/C33H40N6O2/c1-21-7-5-6-10-27(21)28(19-22-11-15-25(16-12-22)30(34)35)32(40)39-29(24-8-3-2-4-9-24)33(41)38-20-23-13-17-26(18-14-23)31(36)37/h5-7,10-18,24,28-29H,2-4,8-9,19-20H2,1H3,(H3,34,35)(H3,36,37)(H,38,41)(H,39,40)/t28-,29?/m0/s1. The number of nitrogens with two attached hydrogens (primary N) is 2. The fourth-order valence-electron chi connectivity index (χ4n) is 5.60. The van der Waals surface area contributed by atoms with Crippen molar-refractivity contribution in [1.29, 1.82) is 10.8 Å². The summed E-state index contributed by atoms with van der Waals surface area (Å²) in [5.74, 6) is -0.779. The first kappa shape index (κ1) is 29.5. The van der Waals surface area contributed by atoms with Crippen LogP contribution in [-0.4, -0.2) is 29.5 Å². The van der Waals surface area contributed by atoms with E-state index in [-0.39, 0.29) is 29.4 Å². The lowest BCUT2D eigenvalue weighted by Gasteiger charge is -2.31. The molecule has 0 bridgehead atoms. The van der Waals surface area contributed by atoms with Crippen LogP contribution < -0.4 is 22.1 Å². The van der Waals surface area contributed by atoms with Crippen LogP contribution in [0, 0.1) is 23.7 Å². The van der Waals surface area contributed by atoms with E-state index in [0.717, 1.165) is 54.4 Å². The van der Waals surface area contributed by atoms with Gasteiger partial charge in [-0.05, 0) is 54.4 Å². The predicted octanol–water partition coefficient (Wildman–Crippen LogP) is 4.27. The first-order valence-corrected chi connectivity index (χ1v) is 14.2. The van der Waals surface area contributed by atoms with E-state index in [1.54, 1.807) is 24.3 Å². The summed E-state index contributed by atoms with van der Waals surface area (Å²) in [6.45, 7) is 2.32. The van der Waals surface area contributed by atoms with E-state index < -0.39 is 12.0 Å². The molecule has 214 valence electrons. The first-order valence-electron chi connectivity index (χ1n) is 14.2. The molecule has 1 fully saturated rings. The van der Waals surface area contributed by atoms with Crippen molar-refractivity contribution < 1.29 is 9.59 Å². The van der Waals surface area contributed by atoms with Crippen molar-refractivity contribution in [2.45, 2.75) is 64.0 Å². The molecule has 1 aliphatic carbocycles. The molecule has 2 amide bonds. The Balaban J connectivity index is 1.55. The molecule has 3 aromatic rings. The molecule has 0 aliphatic heterocycles. The number of benzene rings is 3. The quantitative estimate of drug-likeness (QED) is 0.155. The predicted molar refractivity (Wildman–Crippen MR) is 163 cm³/mol. The maximum atomic E-state index is 14.0. The Morgan fingerprint density at radius 1 is 0.805 bits per heavy atom. The molecule has 41 heavy (non-hydrogen) atoms. The van der Waals surface area contributed by atoms with Crippen molar-refractivity contribution in [1.82, 2.24) is 10.6 Å². The van der Waals surface area contributed by atoms with Gasteiger partial charge in [-0.3, -0.25) is 20.4 Å². The van der Waals surface area contributed by atoms with Gasteiger partial charge in [0.2, 0.25) is 11.8 Å². The average molecular weight is 553 g/mol. The fourth-order valence-corrected chi connectivity index (χ4v) is 5.60. The van der Waals surface area contributed by atoms with Gasteiger partial charge in [-0.2, -0.15) is 0 Å². The van der Waals surface area contributed by atoms with Crippen molar-refractivity contribution in [3.63, 3.8) is 0 Å². The molecule has 8 N–H and O–H groups in total. The molecule has 0 spiro atoms. The van der Waals surface area contributed by atoms with Gasteiger partial charge in [-0.25, -0.2) is 0 Å². The molecule has 0 saturated heterocycles. The van der Waals surface area contributed by atoms with Gasteiger partial charge in [0.25, 0.3) is 0 Å². The number of nitrogens with one attached hydrogen (secondary N) is 4. The topological polar surface area (TPSA) is 158 Å². The van der Waals surface area contributed by atoms with Crippen LogP contribution in [-0.2, 0) is 22.6 Å². The van der Waals surface area contributed by atoms with E-state index in [2.05, 4.69) is 10.6 Å². The summed E-state index contributed by atoms with van der Waals surface area (Å²) >= 11 is 0. The molecule has 0 heterocycles. The molecule has 2 atom stereocenters. The Hall–Kier alpha value is -4.46. The van der Waals surface area contributed by atoms with Crippen LogP contribution in [0.1, 0.15) is 71.4 Å². The van der Waals surface area contributed by atoms with Crippen LogP contribution in [0.5, 0.6) is 0 Å². The summed E-state index contributed by atoms with van der Waals surface area (Å²) in [5, 5.41) is 21.5. The highest BCUT2D eigenvalue weighted by atomic mass is 16.2. The molecule has 0 radical (unpaired) electrons. The third-order valence-electron chi connectivity index (χ3n) is 8.02. The maximum Gasteiger partial charge on any atom is 0.243 e. The molecule has 4 rings (SSSR count). The zero-order valence-electron chi connectivity index (χ0n) is 23.6. The van der Waals surface area contributed by atoms with Gasteiger partial charge < -0.3 is 22.1 Å². The minimum atomic E-state index is -0.633. The second-order valence-corrected chi connectivity index (χ2v) is 10.9. The minimum absolute atomic E-state index is 0.000813. The number of carbonyl (C=O) groups excluding carboxylic acids is 2. The van der Waals surface area contributed by atoms with Crippen molar-refractivity contribution >= 4 is 23.5 Å². The summed E-state index contributed by atoms with van der Waals surface area (Å²) in [4.78, 5) is 27.6. The summed E-state index contributed by atoms with van der Waals surface area (Å²) in [7, 11) is 0. The van der Waals surface area contributed by atoms with E-state index >= 15 is 0 Å². The van der Waals surface area contributed by atoms with Gasteiger partial charge in [0.05, 0.1) is 5.92 Å². The highest BCUT2D eigenvalue weighted by Gasteiger charge is 2.33. The number of amides is 2. The van der Waals surface area contributed by atoms with E-state index in [1.807, 2.05) is 55.5 Å². The average Bonchev–Trinajstić information content (AvgIpc) is 2.98. The van der Waals surface area contributed by atoms with Gasteiger partial charge >= 0.3 is 0 Å². The zero-order chi connectivity index (χ0) is 29.4. The van der Waals surface area contributed by atoms with Crippen molar-refractivity contribution in [2.24, 2.45) is 17.4 Å². The Labute approximate surface area is 241 Å². The summed E-state index contributed by atoms with van der Waals surface area (Å²) < 4.78 is 0. The molecule has 8 heteroatoms. The van der Waals surface area contributed by atoms with Crippen molar-refractivity contribution in [3.8, 4) is 0 Å². The molecule has 8 nitrogen and oxygen atoms in total. The van der Waals surface area contributed by atoms with E-state index in [0.29, 0.717) is 24.1 Å². The Bertz CT molecular complexity index is 1380. The van der Waals surface area contributed by atoms with Crippen LogP contribution in [0.25, 0.3) is 0 Å². The Morgan fingerprint density at radius 2 is 1.37 bits per heavy atom. The number of aryl methyl sites for hydroxylation is 1. The third kappa shape index (κ3) is 7.81. The Morgan fingerprint density at radius 3 is 1.93 bits per heavy atom. The second kappa shape index (κ2) is 13.7. The van der Waals surface area contributed by atoms with Gasteiger partial charge in [-0.15, -0.1) is 0 Å². The third-order valence-corrected chi connectivity index (χ3v) is 8.02. The molecule has 1 unspecified atom stereocenters. The van der Waals surface area contributed by atoms with Crippen molar-refractivity contribution in [3.05, 3.63) is 106 Å². The SMILES string of the molecule is Cc1ccccc1[C@H](Cc1ccc(C(=N)N)cc1)C(=O)NC(C(=O)NCc1ccc(C(=N)N)cc1)C1CCCCC1.